The van der Waals surface area contributed by atoms with Crippen molar-refractivity contribution in [2.75, 3.05) is 18.9 Å². The summed E-state index contributed by atoms with van der Waals surface area (Å²) < 4.78 is 20.5. The van der Waals surface area contributed by atoms with Crippen molar-refractivity contribution in [2.45, 2.75) is 71.9 Å². The number of hydrogen-bond acceptors (Lipinski definition) is 7. The standard InChI is InChI=1S/C19H39N5O3Si3/c1-28(2,3)25-12-15(13-26-29(4,5)6)10-11-24-14-21-16-17(24)22-19(20)23-18(16)27-30(7,8)9/h14-15H,10-13H2,1-9H3,(H2,20,22,23). The Kier molecular flexibility index (Phi) is 7.89. The van der Waals surface area contributed by atoms with Gasteiger partial charge in [0.2, 0.25) is 20.1 Å². The summed E-state index contributed by atoms with van der Waals surface area (Å²) in [6, 6.07) is 0. The minimum atomic E-state index is -1.84. The van der Waals surface area contributed by atoms with E-state index >= 15 is 0 Å². The summed E-state index contributed by atoms with van der Waals surface area (Å²) in [6.45, 7) is 21.8. The van der Waals surface area contributed by atoms with Gasteiger partial charge in [0.1, 0.15) is 0 Å². The average Bonchev–Trinajstić information content (AvgIpc) is 2.94. The van der Waals surface area contributed by atoms with Crippen LogP contribution in [0.15, 0.2) is 6.33 Å². The monoisotopic (exact) mass is 469 g/mol. The fourth-order valence-electron chi connectivity index (χ4n) is 2.73. The molecule has 0 amide bonds. The maximum atomic E-state index is 6.20. The van der Waals surface area contributed by atoms with E-state index in [0.29, 0.717) is 36.2 Å². The number of anilines is 1. The normalized spacial score (nSPS) is 13.4. The average molecular weight is 470 g/mol. The van der Waals surface area contributed by atoms with E-state index in [1.165, 1.54) is 0 Å². The molecule has 2 N–H and O–H groups in total. The first-order chi connectivity index (χ1) is 13.6. The van der Waals surface area contributed by atoms with Gasteiger partial charge in [0.25, 0.3) is 0 Å². The highest BCUT2D eigenvalue weighted by molar-refractivity contribution is 6.70. The lowest BCUT2D eigenvalue weighted by Gasteiger charge is -2.26. The summed E-state index contributed by atoms with van der Waals surface area (Å²) in [6.07, 6.45) is 2.71. The van der Waals surface area contributed by atoms with Gasteiger partial charge in [-0.1, -0.05) is 0 Å². The molecule has 170 valence electrons. The van der Waals surface area contributed by atoms with E-state index in [2.05, 4.69) is 73.9 Å². The zero-order valence-electron chi connectivity index (χ0n) is 20.1. The number of rotatable bonds is 11. The zero-order chi connectivity index (χ0) is 22.7. The van der Waals surface area contributed by atoms with Crippen LogP contribution in [0, 0.1) is 5.92 Å². The van der Waals surface area contributed by atoms with Crippen molar-refractivity contribution >= 4 is 42.1 Å². The predicted octanol–water partition coefficient (Wildman–Crippen LogP) is 4.33. The van der Waals surface area contributed by atoms with Crippen LogP contribution in [0.5, 0.6) is 5.88 Å². The smallest absolute Gasteiger partial charge is 0.244 e. The molecule has 2 aromatic heterocycles. The first kappa shape index (κ1) is 25.0. The number of imidazole rings is 1. The maximum Gasteiger partial charge on any atom is 0.244 e. The maximum absolute atomic E-state index is 6.20. The molecule has 2 aromatic rings. The Bertz CT molecular complexity index is 823. The quantitative estimate of drug-likeness (QED) is 0.489. The summed E-state index contributed by atoms with van der Waals surface area (Å²) in [7, 11) is -5.01. The lowest BCUT2D eigenvalue weighted by molar-refractivity contribution is 0.158. The summed E-state index contributed by atoms with van der Waals surface area (Å²) in [4.78, 5) is 13.2. The first-order valence-corrected chi connectivity index (χ1v) is 20.8. The van der Waals surface area contributed by atoms with Gasteiger partial charge in [0, 0.05) is 25.7 Å². The molecular formula is C19H39N5O3Si3. The molecule has 30 heavy (non-hydrogen) atoms. The van der Waals surface area contributed by atoms with Gasteiger partial charge in [0.05, 0.1) is 6.33 Å². The number of aromatic nitrogens is 4. The van der Waals surface area contributed by atoms with E-state index in [1.54, 1.807) is 6.33 Å². The second-order valence-corrected chi connectivity index (χ2v) is 24.2. The molecule has 0 unspecified atom stereocenters. The van der Waals surface area contributed by atoms with Gasteiger partial charge in [-0.2, -0.15) is 9.97 Å². The van der Waals surface area contributed by atoms with Crippen LogP contribution < -0.4 is 10.2 Å². The Hall–Kier alpha value is -1.28. The van der Waals surface area contributed by atoms with E-state index in [0.717, 1.165) is 13.0 Å². The molecule has 0 aliphatic carbocycles. The highest BCUT2D eigenvalue weighted by atomic mass is 28.4. The van der Waals surface area contributed by atoms with Crippen LogP contribution >= 0.6 is 0 Å². The molecule has 8 nitrogen and oxygen atoms in total. The molecule has 0 saturated carbocycles. The van der Waals surface area contributed by atoms with Crippen LogP contribution in [-0.2, 0) is 15.4 Å². The fraction of sp³-hybridized carbons (Fsp3) is 0.737. The van der Waals surface area contributed by atoms with Gasteiger partial charge in [-0.15, -0.1) is 0 Å². The third-order valence-corrected chi connectivity index (χ3v) is 7.01. The zero-order valence-corrected chi connectivity index (χ0v) is 23.1. The Morgan fingerprint density at radius 1 is 0.900 bits per heavy atom. The molecule has 0 saturated heterocycles. The molecule has 0 radical (unpaired) electrons. The third-order valence-electron chi connectivity index (χ3n) is 4.13. The van der Waals surface area contributed by atoms with E-state index in [4.69, 9.17) is 19.0 Å². The number of fused-ring (bicyclic) bond motifs is 1. The lowest BCUT2D eigenvalue weighted by atomic mass is 10.1. The summed E-state index contributed by atoms with van der Waals surface area (Å²) in [5, 5.41) is 0. The fourth-order valence-corrected chi connectivity index (χ4v) is 4.93. The first-order valence-electron chi connectivity index (χ1n) is 10.6. The van der Waals surface area contributed by atoms with E-state index in [-0.39, 0.29) is 5.95 Å². The molecule has 0 spiro atoms. The van der Waals surface area contributed by atoms with Gasteiger partial charge < -0.3 is 23.6 Å². The molecule has 0 aliphatic rings. The second-order valence-electron chi connectivity index (χ2n) is 10.7. The van der Waals surface area contributed by atoms with Gasteiger partial charge >= 0.3 is 0 Å². The molecule has 2 heterocycles. The molecule has 0 aromatic carbocycles. The SMILES string of the molecule is C[Si](C)(C)OCC(CCn1cnc2c(O[Si](C)(C)C)nc(N)nc21)CO[Si](C)(C)C. The predicted molar refractivity (Wildman–Crippen MR) is 130 cm³/mol. The highest BCUT2D eigenvalue weighted by Gasteiger charge is 2.24. The van der Waals surface area contributed by atoms with Crippen molar-refractivity contribution < 1.29 is 13.3 Å². The molecule has 11 heteroatoms. The Morgan fingerprint density at radius 2 is 1.47 bits per heavy atom. The summed E-state index contributed by atoms with van der Waals surface area (Å²) in [5.74, 6) is 1.01. The topological polar surface area (TPSA) is 97.3 Å². The van der Waals surface area contributed by atoms with Crippen molar-refractivity contribution in [1.82, 2.24) is 19.5 Å². The number of nitrogen functional groups attached to an aromatic ring is 1. The van der Waals surface area contributed by atoms with Crippen LogP contribution in [0.1, 0.15) is 6.42 Å². The molecule has 0 fully saturated rings. The van der Waals surface area contributed by atoms with Gasteiger partial charge in [-0.3, -0.25) is 0 Å². The lowest BCUT2D eigenvalue weighted by Crippen LogP contribution is -2.33. The van der Waals surface area contributed by atoms with Crippen LogP contribution in [-0.4, -0.2) is 57.7 Å². The van der Waals surface area contributed by atoms with Crippen LogP contribution in [0.2, 0.25) is 58.9 Å². The van der Waals surface area contributed by atoms with E-state index in [1.807, 2.05) is 4.57 Å². The molecule has 2 rings (SSSR count). The van der Waals surface area contributed by atoms with Crippen molar-refractivity contribution in [3.63, 3.8) is 0 Å². The van der Waals surface area contributed by atoms with Gasteiger partial charge in [0.15, 0.2) is 27.8 Å². The number of nitrogens with zero attached hydrogens (tertiary/aromatic N) is 4. The van der Waals surface area contributed by atoms with Crippen molar-refractivity contribution in [2.24, 2.45) is 5.92 Å². The third kappa shape index (κ3) is 8.46. The van der Waals surface area contributed by atoms with Crippen molar-refractivity contribution in [3.05, 3.63) is 6.33 Å². The van der Waals surface area contributed by atoms with Crippen LogP contribution in [0.4, 0.5) is 5.95 Å². The number of nitrogens with two attached hydrogens (primary N) is 1. The Labute approximate surface area is 183 Å². The van der Waals surface area contributed by atoms with Crippen molar-refractivity contribution in [1.29, 1.82) is 0 Å². The number of hydrogen-bond donors (Lipinski definition) is 1. The van der Waals surface area contributed by atoms with Gasteiger partial charge in [-0.25, -0.2) is 4.98 Å². The Morgan fingerprint density at radius 3 is 1.97 bits per heavy atom. The molecular weight excluding hydrogens is 430 g/mol. The molecule has 0 atom stereocenters. The van der Waals surface area contributed by atoms with Crippen LogP contribution in [0.25, 0.3) is 11.2 Å². The van der Waals surface area contributed by atoms with Crippen LogP contribution in [0.3, 0.4) is 0 Å². The van der Waals surface area contributed by atoms with E-state index in [9.17, 15) is 0 Å². The summed E-state index contributed by atoms with van der Waals surface area (Å²) >= 11 is 0. The van der Waals surface area contributed by atoms with Gasteiger partial charge in [-0.05, 0) is 65.3 Å². The van der Waals surface area contributed by atoms with E-state index < -0.39 is 25.0 Å². The number of aryl methyl sites for hydroxylation is 1. The minimum absolute atomic E-state index is 0.207. The highest BCUT2D eigenvalue weighted by Crippen LogP contribution is 2.25. The second kappa shape index (κ2) is 9.47. The molecule has 0 bridgehead atoms. The van der Waals surface area contributed by atoms with Crippen molar-refractivity contribution in [3.8, 4) is 5.88 Å². The summed E-state index contributed by atoms with van der Waals surface area (Å²) in [5.41, 5.74) is 7.34. The molecule has 0 aliphatic heterocycles. The Balaban J connectivity index is 2.17. The largest absolute Gasteiger partial charge is 0.530 e. The minimum Gasteiger partial charge on any atom is -0.530 e.